The maximum absolute atomic E-state index is 10.6. The van der Waals surface area contributed by atoms with Gasteiger partial charge in [0.1, 0.15) is 0 Å². The van der Waals surface area contributed by atoms with E-state index in [4.69, 9.17) is 0 Å². The van der Waals surface area contributed by atoms with Gasteiger partial charge in [0.25, 0.3) is 0 Å². The number of aryl methyl sites for hydroxylation is 1. The Morgan fingerprint density at radius 2 is 2.42 bits per heavy atom. The molecule has 0 aliphatic carbocycles. The topological polar surface area (TPSA) is 34.9 Å². The third-order valence-electron chi connectivity index (χ3n) is 2.09. The summed E-state index contributed by atoms with van der Waals surface area (Å²) in [6.45, 7) is 4.17. The van der Waals surface area contributed by atoms with E-state index in [2.05, 4.69) is 18.9 Å². The molecule has 0 aliphatic heterocycles. The lowest BCUT2D eigenvalue weighted by Crippen LogP contribution is -1.97. The highest BCUT2D eigenvalue weighted by molar-refractivity contribution is 5.76. The second-order valence-electron chi connectivity index (χ2n) is 3.07. The van der Waals surface area contributed by atoms with Gasteiger partial charge in [-0.1, -0.05) is 13.8 Å². The minimum absolute atomic E-state index is 0.367. The second kappa shape index (κ2) is 3.52. The average Bonchev–Trinajstić information content (AvgIpc) is 2.45. The highest BCUT2D eigenvalue weighted by Gasteiger charge is 2.12. The van der Waals surface area contributed by atoms with Gasteiger partial charge in [0, 0.05) is 19.2 Å². The van der Waals surface area contributed by atoms with Crippen molar-refractivity contribution in [2.24, 2.45) is 7.05 Å². The normalized spacial score (nSPS) is 12.9. The molecule has 0 saturated heterocycles. The molecule has 0 N–H and O–H groups in total. The van der Waals surface area contributed by atoms with E-state index in [9.17, 15) is 4.79 Å². The molecular formula is C9H14N2O. The number of rotatable bonds is 3. The molecule has 0 saturated carbocycles. The average molecular weight is 166 g/mol. The number of nitrogens with zero attached hydrogens (tertiary/aromatic N) is 2. The van der Waals surface area contributed by atoms with Crippen molar-refractivity contribution in [3.05, 3.63) is 17.5 Å². The van der Waals surface area contributed by atoms with Gasteiger partial charge >= 0.3 is 0 Å². The van der Waals surface area contributed by atoms with Crippen LogP contribution in [0.2, 0.25) is 0 Å². The van der Waals surface area contributed by atoms with E-state index in [0.29, 0.717) is 11.5 Å². The predicted octanol–water partition coefficient (Wildman–Crippen LogP) is 1.75. The van der Waals surface area contributed by atoms with E-state index in [1.807, 2.05) is 7.05 Å². The number of aromatic nitrogens is 2. The first-order chi connectivity index (χ1) is 5.69. The maximum Gasteiger partial charge on any atom is 0.153 e. The van der Waals surface area contributed by atoms with E-state index in [0.717, 1.165) is 18.4 Å². The molecular weight excluding hydrogens is 152 g/mol. The molecule has 1 aromatic heterocycles. The molecule has 66 valence electrons. The van der Waals surface area contributed by atoms with Gasteiger partial charge in [-0.25, -0.2) is 0 Å². The molecule has 3 nitrogen and oxygen atoms in total. The lowest BCUT2D eigenvalue weighted by atomic mass is 10.0. The fourth-order valence-electron chi connectivity index (χ4n) is 1.19. The van der Waals surface area contributed by atoms with Crippen molar-refractivity contribution in [3.63, 3.8) is 0 Å². The standard InChI is InChI=1S/C9H14N2O/c1-4-7(2)9-8(6-12)5-11(3)10-9/h5-7H,4H2,1-3H3/t7-/m1/s1. The Balaban J connectivity index is 3.03. The van der Waals surface area contributed by atoms with Gasteiger partial charge < -0.3 is 0 Å². The molecule has 0 bridgehead atoms. The molecule has 12 heavy (non-hydrogen) atoms. The van der Waals surface area contributed by atoms with Crippen LogP contribution in [0.25, 0.3) is 0 Å². The summed E-state index contributed by atoms with van der Waals surface area (Å²) in [6.07, 6.45) is 3.64. The molecule has 0 aliphatic rings. The highest BCUT2D eigenvalue weighted by Crippen LogP contribution is 2.19. The quantitative estimate of drug-likeness (QED) is 0.641. The molecule has 1 heterocycles. The van der Waals surface area contributed by atoms with E-state index in [-0.39, 0.29) is 0 Å². The van der Waals surface area contributed by atoms with Gasteiger partial charge in [0.2, 0.25) is 0 Å². The molecule has 0 fully saturated rings. The van der Waals surface area contributed by atoms with Crippen LogP contribution in [0.15, 0.2) is 6.20 Å². The van der Waals surface area contributed by atoms with Crippen LogP contribution in [0.4, 0.5) is 0 Å². The summed E-state index contributed by atoms with van der Waals surface area (Å²) in [5.74, 6) is 0.367. The van der Waals surface area contributed by atoms with Crippen molar-refractivity contribution in [3.8, 4) is 0 Å². The third kappa shape index (κ3) is 1.55. The summed E-state index contributed by atoms with van der Waals surface area (Å²) in [4.78, 5) is 10.6. The zero-order chi connectivity index (χ0) is 9.14. The smallest absolute Gasteiger partial charge is 0.153 e. The molecule has 0 amide bonds. The van der Waals surface area contributed by atoms with E-state index >= 15 is 0 Å². The molecule has 1 aromatic rings. The summed E-state index contributed by atoms with van der Waals surface area (Å²) in [7, 11) is 1.83. The SMILES string of the molecule is CC[C@@H](C)c1nn(C)cc1C=O. The van der Waals surface area contributed by atoms with Crippen molar-refractivity contribution in [1.82, 2.24) is 9.78 Å². The number of carbonyl (C=O) groups excluding carboxylic acids is 1. The van der Waals surface area contributed by atoms with E-state index < -0.39 is 0 Å². The Morgan fingerprint density at radius 3 is 2.92 bits per heavy atom. The highest BCUT2D eigenvalue weighted by atomic mass is 16.1. The zero-order valence-corrected chi connectivity index (χ0v) is 7.74. The van der Waals surface area contributed by atoms with Gasteiger partial charge in [-0.05, 0) is 6.42 Å². The zero-order valence-electron chi connectivity index (χ0n) is 7.74. The van der Waals surface area contributed by atoms with Crippen LogP contribution in [-0.2, 0) is 7.05 Å². The summed E-state index contributed by atoms with van der Waals surface area (Å²) in [5.41, 5.74) is 1.63. The Labute approximate surface area is 72.4 Å². The fraction of sp³-hybridized carbons (Fsp3) is 0.556. The van der Waals surface area contributed by atoms with Crippen LogP contribution in [0.5, 0.6) is 0 Å². The third-order valence-corrected chi connectivity index (χ3v) is 2.09. The Bertz CT molecular complexity index is 278. The molecule has 0 spiro atoms. The van der Waals surface area contributed by atoms with Crippen LogP contribution in [0.1, 0.15) is 42.2 Å². The summed E-state index contributed by atoms with van der Waals surface area (Å²) < 4.78 is 1.69. The molecule has 0 aromatic carbocycles. The monoisotopic (exact) mass is 166 g/mol. The molecule has 0 radical (unpaired) electrons. The van der Waals surface area contributed by atoms with Crippen molar-refractivity contribution in [1.29, 1.82) is 0 Å². The van der Waals surface area contributed by atoms with Crippen LogP contribution < -0.4 is 0 Å². The number of hydrogen-bond donors (Lipinski definition) is 0. The van der Waals surface area contributed by atoms with Crippen LogP contribution >= 0.6 is 0 Å². The van der Waals surface area contributed by atoms with Crippen molar-refractivity contribution in [2.45, 2.75) is 26.2 Å². The molecule has 1 atom stereocenters. The Hall–Kier alpha value is -1.12. The number of hydrogen-bond acceptors (Lipinski definition) is 2. The second-order valence-corrected chi connectivity index (χ2v) is 3.07. The maximum atomic E-state index is 10.6. The van der Waals surface area contributed by atoms with E-state index in [1.54, 1.807) is 10.9 Å². The molecule has 0 unspecified atom stereocenters. The minimum atomic E-state index is 0.367. The lowest BCUT2D eigenvalue weighted by molar-refractivity contribution is 0.112. The lowest BCUT2D eigenvalue weighted by Gasteiger charge is -2.03. The summed E-state index contributed by atoms with van der Waals surface area (Å²) >= 11 is 0. The largest absolute Gasteiger partial charge is 0.298 e. The van der Waals surface area contributed by atoms with Crippen molar-refractivity contribution < 1.29 is 4.79 Å². The van der Waals surface area contributed by atoms with Gasteiger partial charge in [-0.3, -0.25) is 9.48 Å². The number of carbonyl (C=O) groups is 1. The van der Waals surface area contributed by atoms with Gasteiger partial charge in [-0.15, -0.1) is 0 Å². The number of aldehydes is 1. The Morgan fingerprint density at radius 1 is 1.75 bits per heavy atom. The van der Waals surface area contributed by atoms with Crippen LogP contribution in [-0.4, -0.2) is 16.1 Å². The summed E-state index contributed by atoms with van der Waals surface area (Å²) in [6, 6.07) is 0. The van der Waals surface area contributed by atoms with Gasteiger partial charge in [0.15, 0.2) is 6.29 Å². The molecule has 1 rings (SSSR count). The Kier molecular flexibility index (Phi) is 2.63. The first-order valence-corrected chi connectivity index (χ1v) is 4.17. The van der Waals surface area contributed by atoms with Crippen LogP contribution in [0, 0.1) is 0 Å². The minimum Gasteiger partial charge on any atom is -0.298 e. The first kappa shape index (κ1) is 8.97. The van der Waals surface area contributed by atoms with Crippen molar-refractivity contribution >= 4 is 6.29 Å². The summed E-state index contributed by atoms with van der Waals surface area (Å²) in [5, 5.41) is 4.24. The van der Waals surface area contributed by atoms with Gasteiger partial charge in [-0.2, -0.15) is 5.10 Å². The first-order valence-electron chi connectivity index (χ1n) is 4.17. The van der Waals surface area contributed by atoms with Crippen molar-refractivity contribution in [2.75, 3.05) is 0 Å². The van der Waals surface area contributed by atoms with Crippen LogP contribution in [0.3, 0.4) is 0 Å². The predicted molar refractivity (Wildman–Crippen MR) is 47.3 cm³/mol. The van der Waals surface area contributed by atoms with E-state index in [1.165, 1.54) is 0 Å². The van der Waals surface area contributed by atoms with Gasteiger partial charge in [0.05, 0.1) is 11.3 Å². The fourth-order valence-corrected chi connectivity index (χ4v) is 1.19. The molecule has 3 heteroatoms.